The molecule has 0 aromatic heterocycles. The normalized spacial score (nSPS) is 11.9. The number of carbonyl (C=O) groups is 8. The van der Waals surface area contributed by atoms with Crippen molar-refractivity contribution in [3.05, 3.63) is 131 Å². The van der Waals surface area contributed by atoms with E-state index in [-0.39, 0.29) is 43.3 Å². The van der Waals surface area contributed by atoms with E-state index in [9.17, 15) is 38.4 Å². The number of esters is 3. The second-order valence-corrected chi connectivity index (χ2v) is 18.5. The highest BCUT2D eigenvalue weighted by molar-refractivity contribution is 6.09. The summed E-state index contributed by atoms with van der Waals surface area (Å²) in [6, 6.07) is 31.0. The van der Waals surface area contributed by atoms with Gasteiger partial charge in [-0.1, -0.05) is 73.5 Å². The molecule has 0 amide bonds. The lowest BCUT2D eigenvalue weighted by Crippen LogP contribution is -2.31. The van der Waals surface area contributed by atoms with Gasteiger partial charge in [0.05, 0.1) is 87.0 Å². The van der Waals surface area contributed by atoms with E-state index in [1.165, 1.54) is 59.9 Å². The van der Waals surface area contributed by atoms with Gasteiger partial charge in [-0.25, -0.2) is 19.2 Å². The fraction of sp³-hybridized carbons (Fsp3) is 0.515. The summed E-state index contributed by atoms with van der Waals surface area (Å²) in [5.41, 5.74) is 2.35. The molecular formula is C66H100N2O25. The first-order chi connectivity index (χ1) is 45.1. The zero-order valence-electron chi connectivity index (χ0n) is 55.1. The quantitative estimate of drug-likeness (QED) is 0.0157. The molecule has 0 bridgehead atoms. The van der Waals surface area contributed by atoms with Gasteiger partial charge in [0.1, 0.15) is 24.7 Å². The van der Waals surface area contributed by atoms with Crippen LogP contribution in [0.5, 0.6) is 11.5 Å². The molecule has 4 aromatic carbocycles. The Bertz CT molecular complexity index is 2480. The molecule has 2 aliphatic heterocycles. The van der Waals surface area contributed by atoms with Crippen LogP contribution in [0.15, 0.2) is 109 Å². The molecule has 27 nitrogen and oxygen atoms in total. The Labute approximate surface area is 546 Å². The first-order valence-corrected chi connectivity index (χ1v) is 29.7. The highest BCUT2D eigenvalue weighted by atomic mass is 16.6. The van der Waals surface area contributed by atoms with Crippen molar-refractivity contribution in [1.82, 2.24) is 9.80 Å². The molecule has 93 heavy (non-hydrogen) atoms. The van der Waals surface area contributed by atoms with Gasteiger partial charge in [0.15, 0.2) is 24.8 Å². The zero-order valence-corrected chi connectivity index (χ0v) is 55.1. The summed E-state index contributed by atoms with van der Waals surface area (Å²) in [7, 11) is 10.3. The van der Waals surface area contributed by atoms with E-state index in [0.29, 0.717) is 99.4 Å². The Morgan fingerprint density at radius 2 is 0.667 bits per heavy atom. The van der Waals surface area contributed by atoms with Crippen LogP contribution in [-0.2, 0) is 71.4 Å². The Hall–Kier alpha value is -7.80. The molecule has 0 aliphatic carbocycles. The molecule has 2 aliphatic rings. The summed E-state index contributed by atoms with van der Waals surface area (Å²) in [6.45, 7) is 8.94. The smallest absolute Gasteiger partial charge is 0.343 e. The van der Waals surface area contributed by atoms with Crippen LogP contribution in [0.2, 0.25) is 0 Å². The fourth-order valence-corrected chi connectivity index (χ4v) is 7.33. The number of rotatable bonds is 32. The third kappa shape index (κ3) is 52.4. The summed E-state index contributed by atoms with van der Waals surface area (Å²) in [6.07, 6.45) is 8.51. The van der Waals surface area contributed by atoms with Crippen LogP contribution < -0.4 is 9.47 Å². The number of ether oxygens (including phenoxy) is 11. The zero-order chi connectivity index (χ0) is 70.1. The summed E-state index contributed by atoms with van der Waals surface area (Å²) in [5.74, 6) is -2.80. The van der Waals surface area contributed by atoms with Crippen molar-refractivity contribution in [3.63, 3.8) is 0 Å². The number of aliphatic carboxylic acids is 3. The van der Waals surface area contributed by atoms with Crippen molar-refractivity contribution < 1.29 is 121 Å². The second kappa shape index (κ2) is 64.3. The number of aliphatic hydroxyl groups excluding tert-OH is 3. The Kier molecular flexibility index (Phi) is 61.8. The lowest BCUT2D eigenvalue weighted by Gasteiger charge is -2.25. The molecule has 524 valence electrons. The standard InChI is InChI=1S/C16H14O4.C15H12O4.C9H17NO2.C8H15NO2.C8H16O5.C7H14O5.3CH4O/c1-19-15(17)11-20-14-9-7-13(8-10-14)16(18)12-5-3-2-4-6-12;16-14(17)10-19-13-8-6-12(7-9-13)15(18)11-4-2-1-3-5-11;1-12-9(11)5-8-10-6-3-2-4-7-10;10-8(11)4-7-9-5-2-1-3-6-9;1-10-3-4-12-5-6-13-7-8(9)11-2;1-10-2-3-11-4-5-12-6-7(8)9;3*1-2/h2-10H,11H2,1H3;1-9H,10H2,(H,16,17);2-8H2,1H3;1-7H2,(H,10,11);3-7H2,1-2H3;2-6H2,1H3,(H,8,9);3*2H,1H3. The maximum absolute atomic E-state index is 12.2. The number of hydrogen-bond acceptors (Lipinski definition) is 24. The van der Waals surface area contributed by atoms with E-state index in [1.807, 2.05) is 24.3 Å². The summed E-state index contributed by atoms with van der Waals surface area (Å²) >= 11 is 0. The van der Waals surface area contributed by atoms with Crippen molar-refractivity contribution in [2.24, 2.45) is 0 Å². The van der Waals surface area contributed by atoms with Crippen LogP contribution in [-0.4, -0.2) is 263 Å². The van der Waals surface area contributed by atoms with Crippen LogP contribution in [0, 0.1) is 0 Å². The first-order valence-electron chi connectivity index (χ1n) is 29.7. The van der Waals surface area contributed by atoms with Gasteiger partial charge in [0.2, 0.25) is 0 Å². The topological polar surface area (TPSA) is 366 Å². The van der Waals surface area contributed by atoms with Crippen molar-refractivity contribution in [2.75, 3.05) is 175 Å². The fourth-order valence-electron chi connectivity index (χ4n) is 7.33. The number of likely N-dealkylation sites (tertiary alicyclic amines) is 2. The molecule has 0 saturated carbocycles. The Morgan fingerprint density at radius 1 is 0.344 bits per heavy atom. The van der Waals surface area contributed by atoms with Gasteiger partial charge < -0.3 is 92.5 Å². The van der Waals surface area contributed by atoms with Gasteiger partial charge in [-0.05, 0) is 100 Å². The molecule has 2 heterocycles. The largest absolute Gasteiger partial charge is 0.482 e. The molecule has 2 fully saturated rings. The number of aliphatic hydroxyl groups is 3. The third-order valence-electron chi connectivity index (χ3n) is 11.9. The van der Waals surface area contributed by atoms with Crippen LogP contribution in [0.25, 0.3) is 0 Å². The number of nitrogens with zero attached hydrogens (tertiary/aromatic N) is 2. The predicted molar refractivity (Wildman–Crippen MR) is 344 cm³/mol. The monoisotopic (exact) mass is 1320 g/mol. The maximum atomic E-state index is 12.2. The number of hydrogen-bond donors (Lipinski definition) is 6. The molecule has 0 atom stereocenters. The van der Waals surface area contributed by atoms with E-state index in [4.69, 9.17) is 68.5 Å². The van der Waals surface area contributed by atoms with Gasteiger partial charge in [-0.2, -0.15) is 0 Å². The van der Waals surface area contributed by atoms with Gasteiger partial charge >= 0.3 is 35.8 Å². The van der Waals surface area contributed by atoms with Crippen molar-refractivity contribution in [3.8, 4) is 11.5 Å². The molecule has 0 spiro atoms. The van der Waals surface area contributed by atoms with E-state index in [1.54, 1.807) is 99.1 Å². The summed E-state index contributed by atoms with van der Waals surface area (Å²) in [4.78, 5) is 91.6. The van der Waals surface area contributed by atoms with Crippen LogP contribution in [0.4, 0.5) is 0 Å². The molecular weight excluding hydrogens is 1220 g/mol. The Balaban J connectivity index is -0.00000104. The molecule has 0 unspecified atom stereocenters. The van der Waals surface area contributed by atoms with Crippen LogP contribution in [0.3, 0.4) is 0 Å². The molecule has 0 radical (unpaired) electrons. The SMILES string of the molecule is CO.CO.CO.COC(=O)CCN1CCCCC1.COC(=O)COc1ccc(C(=O)c2ccccc2)cc1.COCCOCCOCC(=O)O.COCCOCCOCC(=O)OC.O=C(O)CCN1CCCCC1.O=C(O)COc1ccc(C(=O)c2ccccc2)cc1. The minimum Gasteiger partial charge on any atom is -0.482 e. The number of ketones is 2. The van der Waals surface area contributed by atoms with Gasteiger partial charge in [-0.3, -0.25) is 19.2 Å². The molecule has 2 saturated heterocycles. The van der Waals surface area contributed by atoms with Gasteiger partial charge in [-0.15, -0.1) is 0 Å². The number of carbonyl (C=O) groups excluding carboxylic acids is 5. The van der Waals surface area contributed by atoms with Crippen molar-refractivity contribution in [2.45, 2.75) is 51.4 Å². The summed E-state index contributed by atoms with van der Waals surface area (Å²) < 4.78 is 52.9. The minimum atomic E-state index is -1.04. The third-order valence-corrected chi connectivity index (χ3v) is 11.9. The molecule has 6 rings (SSSR count). The van der Waals surface area contributed by atoms with Crippen LogP contribution in [0.1, 0.15) is 83.2 Å². The van der Waals surface area contributed by atoms with E-state index in [2.05, 4.69) is 24.0 Å². The van der Waals surface area contributed by atoms with Gasteiger partial charge in [0.25, 0.3) is 0 Å². The number of carboxylic acids is 3. The maximum Gasteiger partial charge on any atom is 0.343 e. The van der Waals surface area contributed by atoms with Crippen molar-refractivity contribution in [1.29, 1.82) is 0 Å². The number of methoxy groups -OCH3 is 5. The van der Waals surface area contributed by atoms with E-state index < -0.39 is 30.5 Å². The first kappa shape index (κ1) is 89.4. The predicted octanol–water partition coefficient (Wildman–Crippen LogP) is 5.25. The number of benzene rings is 4. The molecule has 6 N–H and O–H groups in total. The molecule has 27 heteroatoms. The van der Waals surface area contributed by atoms with Crippen molar-refractivity contribution >= 4 is 47.4 Å². The van der Waals surface area contributed by atoms with Crippen LogP contribution >= 0.6 is 0 Å². The number of piperidine rings is 2. The Morgan fingerprint density at radius 3 is 1.02 bits per heavy atom. The van der Waals surface area contributed by atoms with E-state index in [0.717, 1.165) is 60.6 Å². The minimum absolute atomic E-state index is 0.0237. The van der Waals surface area contributed by atoms with Gasteiger partial charge in [0, 0.05) is 70.9 Å². The lowest BCUT2D eigenvalue weighted by atomic mass is 10.0. The average molecular weight is 1320 g/mol. The summed E-state index contributed by atoms with van der Waals surface area (Å²) in [5, 5.41) is 46.1. The lowest BCUT2D eigenvalue weighted by molar-refractivity contribution is -0.146. The highest BCUT2D eigenvalue weighted by Gasteiger charge is 2.14. The number of carboxylic acid groups (broad SMARTS) is 3. The average Bonchev–Trinajstić information content (AvgIpc) is 1.45. The second-order valence-electron chi connectivity index (χ2n) is 18.5. The highest BCUT2D eigenvalue weighted by Crippen LogP contribution is 2.17. The van der Waals surface area contributed by atoms with E-state index >= 15 is 0 Å². The molecule has 4 aromatic rings.